The van der Waals surface area contributed by atoms with Crippen LogP contribution in [0, 0.1) is 6.92 Å². The van der Waals surface area contributed by atoms with E-state index in [1.54, 1.807) is 6.07 Å². The van der Waals surface area contributed by atoms with Crippen molar-refractivity contribution < 1.29 is 18.4 Å². The van der Waals surface area contributed by atoms with E-state index >= 15 is 0 Å². The molecule has 4 N–H and O–H groups in total. The molecule has 12 heteroatoms. The minimum absolute atomic E-state index is 0.0326. The maximum Gasteiger partial charge on any atom is 0.262 e. The fraction of sp³-hybridized carbons (Fsp3) is 0.294. The van der Waals surface area contributed by atoms with Gasteiger partial charge in [0.1, 0.15) is 12.7 Å². The summed E-state index contributed by atoms with van der Waals surface area (Å²) < 4.78 is 26.4. The minimum Gasteiger partial charge on any atom is -0.388 e. The number of benzene rings is 1. The van der Waals surface area contributed by atoms with Gasteiger partial charge in [0.05, 0.1) is 29.0 Å². The first-order valence-electron chi connectivity index (χ1n) is 8.51. The number of rotatable bonds is 7. The van der Waals surface area contributed by atoms with Crippen molar-refractivity contribution in [3.63, 3.8) is 0 Å². The van der Waals surface area contributed by atoms with Crippen molar-refractivity contribution >= 4 is 15.8 Å². The lowest BCUT2D eigenvalue weighted by molar-refractivity contribution is -0.0380. The average Bonchev–Trinajstić information content (AvgIpc) is 3.15. The molecule has 0 unspecified atom stereocenters. The van der Waals surface area contributed by atoms with E-state index in [2.05, 4.69) is 20.1 Å². The SMILES string of the molecule is Cc1ccc(S(=O)(=O)NOCC(C)(C)O)cc1-c1cnc(N)c(-n2cncn2)n1. The zero-order valence-electron chi connectivity index (χ0n) is 16.1. The van der Waals surface area contributed by atoms with Gasteiger partial charge in [0, 0.05) is 5.56 Å². The molecule has 0 atom stereocenters. The summed E-state index contributed by atoms with van der Waals surface area (Å²) in [6.45, 7) is 4.60. The van der Waals surface area contributed by atoms with Gasteiger partial charge in [-0.3, -0.25) is 4.84 Å². The van der Waals surface area contributed by atoms with Crippen LogP contribution in [0.15, 0.2) is 41.9 Å². The van der Waals surface area contributed by atoms with E-state index in [1.165, 1.54) is 49.5 Å². The Labute approximate surface area is 167 Å². The molecule has 0 aliphatic rings. The smallest absolute Gasteiger partial charge is 0.262 e. The van der Waals surface area contributed by atoms with Crippen molar-refractivity contribution in [2.75, 3.05) is 12.3 Å². The van der Waals surface area contributed by atoms with Gasteiger partial charge < -0.3 is 10.8 Å². The van der Waals surface area contributed by atoms with Crippen LogP contribution in [0.3, 0.4) is 0 Å². The molecular weight excluding hydrogens is 398 g/mol. The van der Waals surface area contributed by atoms with E-state index in [4.69, 9.17) is 10.6 Å². The number of nitrogens with one attached hydrogen (secondary N) is 1. The van der Waals surface area contributed by atoms with Crippen molar-refractivity contribution in [1.82, 2.24) is 29.6 Å². The van der Waals surface area contributed by atoms with Crippen LogP contribution in [0.5, 0.6) is 0 Å². The summed E-state index contributed by atoms with van der Waals surface area (Å²) in [5.74, 6) is 0.432. The summed E-state index contributed by atoms with van der Waals surface area (Å²) in [6, 6.07) is 4.54. The normalized spacial score (nSPS) is 12.3. The summed E-state index contributed by atoms with van der Waals surface area (Å²) in [7, 11) is -3.98. The Morgan fingerprint density at radius 2 is 2.10 bits per heavy atom. The molecule has 154 valence electrons. The Kier molecular flexibility index (Phi) is 5.61. The number of anilines is 1. The topological polar surface area (TPSA) is 158 Å². The predicted octanol–water partition coefficient (Wildman–Crippen LogP) is 0.596. The summed E-state index contributed by atoms with van der Waals surface area (Å²) in [5, 5.41) is 13.6. The molecule has 3 aromatic rings. The molecule has 0 bridgehead atoms. The van der Waals surface area contributed by atoms with Gasteiger partial charge in [-0.2, -0.15) is 9.78 Å². The van der Waals surface area contributed by atoms with Gasteiger partial charge in [-0.25, -0.2) is 23.4 Å². The van der Waals surface area contributed by atoms with E-state index in [1.807, 2.05) is 11.8 Å². The number of nitrogen functional groups attached to an aromatic ring is 1. The third-order valence-electron chi connectivity index (χ3n) is 3.81. The van der Waals surface area contributed by atoms with Crippen molar-refractivity contribution in [1.29, 1.82) is 0 Å². The van der Waals surface area contributed by atoms with Gasteiger partial charge in [-0.05, 0) is 38.5 Å². The Morgan fingerprint density at radius 1 is 1.34 bits per heavy atom. The van der Waals surface area contributed by atoms with Gasteiger partial charge in [0.15, 0.2) is 11.6 Å². The molecule has 29 heavy (non-hydrogen) atoms. The second kappa shape index (κ2) is 7.83. The molecule has 0 saturated heterocycles. The Hall–Kier alpha value is -2.93. The lowest BCUT2D eigenvalue weighted by Crippen LogP contribution is -2.33. The number of nitrogens with zero attached hydrogens (tertiary/aromatic N) is 5. The van der Waals surface area contributed by atoms with Crippen LogP contribution in [0.1, 0.15) is 19.4 Å². The standard InChI is InChI=1S/C17H21N7O4S/c1-11-4-5-12(29(26,27)23-28-8-17(2,3)25)6-13(11)14-7-20-15(18)16(22-14)24-10-19-9-21-24/h4-7,9-10,23,25H,8H2,1-3H3,(H2,18,20). The highest BCUT2D eigenvalue weighted by atomic mass is 32.2. The number of aromatic nitrogens is 5. The molecule has 11 nitrogen and oxygen atoms in total. The van der Waals surface area contributed by atoms with Crippen LogP contribution in [-0.2, 0) is 14.9 Å². The molecule has 2 heterocycles. The summed E-state index contributed by atoms with van der Waals surface area (Å²) >= 11 is 0. The first kappa shape index (κ1) is 20.8. The van der Waals surface area contributed by atoms with Crippen LogP contribution in [0.2, 0.25) is 0 Å². The van der Waals surface area contributed by atoms with E-state index in [-0.39, 0.29) is 23.1 Å². The van der Waals surface area contributed by atoms with Crippen molar-refractivity contribution in [3.05, 3.63) is 42.6 Å². The fourth-order valence-electron chi connectivity index (χ4n) is 2.38. The third-order valence-corrected chi connectivity index (χ3v) is 5.02. The van der Waals surface area contributed by atoms with Crippen LogP contribution in [-0.4, -0.2) is 50.5 Å². The molecule has 0 amide bonds. The van der Waals surface area contributed by atoms with Crippen LogP contribution < -0.4 is 10.6 Å². The predicted molar refractivity (Wildman–Crippen MR) is 104 cm³/mol. The maximum atomic E-state index is 12.5. The maximum absolute atomic E-state index is 12.5. The average molecular weight is 419 g/mol. The van der Waals surface area contributed by atoms with E-state index in [9.17, 15) is 13.5 Å². The number of aliphatic hydroxyl groups is 1. The molecule has 0 radical (unpaired) electrons. The minimum atomic E-state index is -3.98. The van der Waals surface area contributed by atoms with E-state index < -0.39 is 15.6 Å². The first-order chi connectivity index (χ1) is 13.6. The zero-order valence-corrected chi connectivity index (χ0v) is 16.9. The van der Waals surface area contributed by atoms with Crippen molar-refractivity contribution in [2.24, 2.45) is 0 Å². The molecule has 0 saturated carbocycles. The first-order valence-corrected chi connectivity index (χ1v) is 10.00. The summed E-state index contributed by atoms with van der Waals surface area (Å²) in [4.78, 5) is 19.3. The largest absolute Gasteiger partial charge is 0.388 e. The Morgan fingerprint density at radius 3 is 2.76 bits per heavy atom. The molecular formula is C17H21N7O4S. The summed E-state index contributed by atoms with van der Waals surface area (Å²) in [5.41, 5.74) is 6.44. The van der Waals surface area contributed by atoms with Gasteiger partial charge in [-0.1, -0.05) is 11.0 Å². The zero-order chi connectivity index (χ0) is 21.2. The highest BCUT2D eigenvalue weighted by Gasteiger charge is 2.20. The molecule has 0 aliphatic carbocycles. The third kappa shape index (κ3) is 4.92. The van der Waals surface area contributed by atoms with Gasteiger partial charge >= 0.3 is 0 Å². The van der Waals surface area contributed by atoms with Gasteiger partial charge in [-0.15, -0.1) is 0 Å². The molecule has 0 aliphatic heterocycles. The molecule has 0 fully saturated rings. The van der Waals surface area contributed by atoms with Crippen LogP contribution >= 0.6 is 0 Å². The number of sulfonamides is 1. The quantitative estimate of drug-likeness (QED) is 0.466. The Bertz CT molecular complexity index is 1110. The van der Waals surface area contributed by atoms with Gasteiger partial charge in [0.25, 0.3) is 10.0 Å². The summed E-state index contributed by atoms with van der Waals surface area (Å²) in [6.07, 6.45) is 4.22. The van der Waals surface area contributed by atoms with E-state index in [0.717, 1.165) is 5.56 Å². The number of nitrogens with two attached hydrogens (primary N) is 1. The Balaban J connectivity index is 1.95. The highest BCUT2D eigenvalue weighted by Crippen LogP contribution is 2.26. The lowest BCUT2D eigenvalue weighted by atomic mass is 10.1. The van der Waals surface area contributed by atoms with Gasteiger partial charge in [0.2, 0.25) is 0 Å². The lowest BCUT2D eigenvalue weighted by Gasteiger charge is -2.17. The van der Waals surface area contributed by atoms with Crippen molar-refractivity contribution in [2.45, 2.75) is 31.3 Å². The second-order valence-electron chi connectivity index (χ2n) is 6.97. The molecule has 1 aromatic carbocycles. The number of hydrogen-bond acceptors (Lipinski definition) is 9. The fourth-order valence-corrected chi connectivity index (χ4v) is 3.21. The highest BCUT2D eigenvalue weighted by molar-refractivity contribution is 7.89. The molecule has 0 spiro atoms. The second-order valence-corrected chi connectivity index (χ2v) is 8.61. The van der Waals surface area contributed by atoms with E-state index in [0.29, 0.717) is 11.3 Å². The monoisotopic (exact) mass is 419 g/mol. The van der Waals surface area contributed by atoms with Crippen LogP contribution in [0.25, 0.3) is 17.1 Å². The number of aryl methyl sites for hydroxylation is 1. The molecule has 2 aromatic heterocycles. The van der Waals surface area contributed by atoms with Crippen LogP contribution in [0.4, 0.5) is 5.82 Å². The number of hydrogen-bond donors (Lipinski definition) is 3. The van der Waals surface area contributed by atoms with Crippen molar-refractivity contribution in [3.8, 4) is 17.1 Å². The molecule has 3 rings (SSSR count).